The Morgan fingerprint density at radius 2 is 1.70 bits per heavy atom. The highest BCUT2D eigenvalue weighted by Gasteiger charge is 2.22. The van der Waals surface area contributed by atoms with Gasteiger partial charge < -0.3 is 18.5 Å². The zero-order valence-electron chi connectivity index (χ0n) is 13.5. The normalized spacial score (nSPS) is 19.4. The first-order chi connectivity index (χ1) is 9.76. The second-order valence-corrected chi connectivity index (χ2v) is 6.90. The van der Waals surface area contributed by atoms with Gasteiger partial charge in [-0.3, -0.25) is 0 Å². The van der Waals surface area contributed by atoms with Gasteiger partial charge in [0.1, 0.15) is 0 Å². The zero-order valence-corrected chi connectivity index (χ0v) is 14.4. The predicted molar refractivity (Wildman–Crippen MR) is 84.9 cm³/mol. The summed E-state index contributed by atoms with van der Waals surface area (Å²) in [5, 5.41) is 0. The Labute approximate surface area is 126 Å². The third-order valence-electron chi connectivity index (χ3n) is 3.74. The van der Waals surface area contributed by atoms with Crippen LogP contribution in [0.1, 0.15) is 58.3 Å². The Hall–Kier alpha value is 0.270. The standard InChI is InChI=1S/C15H32NO3P/c1-4-5-6-7-8-9-14-18-20(17-3)19-15-10-12-16(2)13-11-15/h15H,4-14H2,1-3H3. The van der Waals surface area contributed by atoms with Crippen LogP contribution in [-0.2, 0) is 13.6 Å². The molecular weight excluding hydrogens is 273 g/mol. The highest BCUT2D eigenvalue weighted by Crippen LogP contribution is 2.41. The number of hydrogen-bond acceptors (Lipinski definition) is 4. The third-order valence-corrected chi connectivity index (χ3v) is 4.91. The van der Waals surface area contributed by atoms with Crippen LogP contribution >= 0.6 is 8.60 Å². The van der Waals surface area contributed by atoms with Gasteiger partial charge in [0.25, 0.3) is 0 Å². The predicted octanol–water partition coefficient (Wildman–Crippen LogP) is 4.35. The highest BCUT2D eigenvalue weighted by atomic mass is 31.2. The molecule has 1 aliphatic rings. The second kappa shape index (κ2) is 11.9. The molecule has 0 spiro atoms. The van der Waals surface area contributed by atoms with Gasteiger partial charge in [0.05, 0.1) is 12.7 Å². The Morgan fingerprint density at radius 1 is 1.05 bits per heavy atom. The molecule has 120 valence electrons. The summed E-state index contributed by atoms with van der Waals surface area (Å²) in [5.41, 5.74) is 0. The first kappa shape index (κ1) is 18.3. The summed E-state index contributed by atoms with van der Waals surface area (Å²) in [4.78, 5) is 2.34. The summed E-state index contributed by atoms with van der Waals surface area (Å²) >= 11 is 0. The molecule has 0 N–H and O–H groups in total. The number of unbranched alkanes of at least 4 members (excludes halogenated alkanes) is 5. The van der Waals surface area contributed by atoms with Gasteiger partial charge in [-0.25, -0.2) is 0 Å². The van der Waals surface area contributed by atoms with Crippen molar-refractivity contribution in [2.75, 3.05) is 33.9 Å². The molecule has 0 aromatic heterocycles. The van der Waals surface area contributed by atoms with E-state index < -0.39 is 8.60 Å². The molecule has 1 aliphatic heterocycles. The number of likely N-dealkylation sites (tertiary alicyclic amines) is 1. The largest absolute Gasteiger partial charge is 0.332 e. The maximum atomic E-state index is 5.93. The van der Waals surface area contributed by atoms with E-state index in [2.05, 4.69) is 18.9 Å². The van der Waals surface area contributed by atoms with E-state index >= 15 is 0 Å². The lowest BCUT2D eigenvalue weighted by atomic mass is 10.1. The van der Waals surface area contributed by atoms with Crippen molar-refractivity contribution in [3.05, 3.63) is 0 Å². The molecule has 20 heavy (non-hydrogen) atoms. The van der Waals surface area contributed by atoms with E-state index in [1.807, 2.05) is 0 Å². The molecule has 1 unspecified atom stereocenters. The van der Waals surface area contributed by atoms with Crippen LogP contribution < -0.4 is 0 Å². The number of hydrogen-bond donors (Lipinski definition) is 0. The lowest BCUT2D eigenvalue weighted by Gasteiger charge is -2.30. The van der Waals surface area contributed by atoms with Crippen molar-refractivity contribution in [1.82, 2.24) is 4.90 Å². The van der Waals surface area contributed by atoms with Crippen molar-refractivity contribution in [3.63, 3.8) is 0 Å². The van der Waals surface area contributed by atoms with Crippen LogP contribution in [0.15, 0.2) is 0 Å². The minimum Gasteiger partial charge on any atom is -0.316 e. The molecule has 1 fully saturated rings. The summed E-state index contributed by atoms with van der Waals surface area (Å²) in [6, 6.07) is 0. The fraction of sp³-hybridized carbons (Fsp3) is 1.00. The van der Waals surface area contributed by atoms with Gasteiger partial charge in [-0.05, 0) is 26.3 Å². The lowest BCUT2D eigenvalue weighted by Crippen LogP contribution is -2.33. The summed E-state index contributed by atoms with van der Waals surface area (Å²) in [6.07, 6.45) is 10.2. The fourth-order valence-corrected chi connectivity index (χ4v) is 3.34. The van der Waals surface area contributed by atoms with Crippen molar-refractivity contribution in [3.8, 4) is 0 Å². The third kappa shape index (κ3) is 8.53. The summed E-state index contributed by atoms with van der Waals surface area (Å²) < 4.78 is 17.0. The van der Waals surface area contributed by atoms with Gasteiger partial charge in [-0.15, -0.1) is 0 Å². The first-order valence-electron chi connectivity index (χ1n) is 8.08. The van der Waals surface area contributed by atoms with Gasteiger partial charge in [0.15, 0.2) is 0 Å². The Balaban J connectivity index is 2.01. The Kier molecular flexibility index (Phi) is 10.9. The van der Waals surface area contributed by atoms with Gasteiger partial charge in [-0.1, -0.05) is 39.0 Å². The van der Waals surface area contributed by atoms with Crippen molar-refractivity contribution >= 4 is 8.60 Å². The molecule has 0 aromatic carbocycles. The van der Waals surface area contributed by atoms with E-state index in [-0.39, 0.29) is 0 Å². The quantitative estimate of drug-likeness (QED) is 0.419. The van der Waals surface area contributed by atoms with Crippen LogP contribution in [0, 0.1) is 0 Å². The number of nitrogens with zero attached hydrogens (tertiary/aromatic N) is 1. The van der Waals surface area contributed by atoms with Gasteiger partial charge in [0.2, 0.25) is 0 Å². The van der Waals surface area contributed by atoms with E-state index in [4.69, 9.17) is 13.6 Å². The summed E-state index contributed by atoms with van der Waals surface area (Å²) in [5.74, 6) is 0. The Bertz CT molecular complexity index is 223. The van der Waals surface area contributed by atoms with Gasteiger partial charge >= 0.3 is 8.60 Å². The van der Waals surface area contributed by atoms with Gasteiger partial charge in [-0.2, -0.15) is 0 Å². The van der Waals surface area contributed by atoms with Crippen LogP contribution in [0.4, 0.5) is 0 Å². The SMILES string of the molecule is CCCCCCCCOP(OC)OC1CCN(C)CC1. The molecule has 1 heterocycles. The van der Waals surface area contributed by atoms with Crippen molar-refractivity contribution < 1.29 is 13.6 Å². The maximum absolute atomic E-state index is 5.93. The molecule has 1 atom stereocenters. The minimum atomic E-state index is -1.14. The zero-order chi connectivity index (χ0) is 14.6. The topological polar surface area (TPSA) is 30.9 Å². The molecule has 0 bridgehead atoms. The van der Waals surface area contributed by atoms with E-state index in [1.165, 1.54) is 32.1 Å². The van der Waals surface area contributed by atoms with Crippen LogP contribution in [-0.4, -0.2) is 44.9 Å². The van der Waals surface area contributed by atoms with E-state index in [1.54, 1.807) is 7.11 Å². The fourth-order valence-electron chi connectivity index (χ4n) is 2.36. The molecule has 5 heteroatoms. The van der Waals surface area contributed by atoms with Crippen LogP contribution in [0.3, 0.4) is 0 Å². The minimum absolute atomic E-state index is 0.307. The highest BCUT2D eigenvalue weighted by molar-refractivity contribution is 7.41. The molecule has 0 amide bonds. The summed E-state index contributed by atoms with van der Waals surface area (Å²) in [6.45, 7) is 5.22. The van der Waals surface area contributed by atoms with E-state index in [0.717, 1.165) is 39.0 Å². The van der Waals surface area contributed by atoms with Crippen LogP contribution in [0.2, 0.25) is 0 Å². The van der Waals surface area contributed by atoms with Crippen LogP contribution in [0.5, 0.6) is 0 Å². The van der Waals surface area contributed by atoms with Crippen molar-refractivity contribution in [1.29, 1.82) is 0 Å². The van der Waals surface area contributed by atoms with E-state index in [9.17, 15) is 0 Å². The monoisotopic (exact) mass is 305 g/mol. The maximum Gasteiger partial charge on any atom is 0.332 e. The van der Waals surface area contributed by atoms with Crippen molar-refractivity contribution in [2.24, 2.45) is 0 Å². The van der Waals surface area contributed by atoms with E-state index in [0.29, 0.717) is 6.10 Å². The van der Waals surface area contributed by atoms with Gasteiger partial charge in [0, 0.05) is 20.2 Å². The van der Waals surface area contributed by atoms with Crippen molar-refractivity contribution in [2.45, 2.75) is 64.4 Å². The molecule has 0 saturated carbocycles. The second-order valence-electron chi connectivity index (χ2n) is 5.62. The Morgan fingerprint density at radius 3 is 2.35 bits per heavy atom. The van der Waals surface area contributed by atoms with Crippen LogP contribution in [0.25, 0.3) is 0 Å². The number of piperidine rings is 1. The summed E-state index contributed by atoms with van der Waals surface area (Å²) in [7, 11) is 2.70. The molecule has 1 saturated heterocycles. The first-order valence-corrected chi connectivity index (χ1v) is 9.18. The smallest absolute Gasteiger partial charge is 0.316 e. The molecule has 0 aliphatic carbocycles. The molecule has 4 nitrogen and oxygen atoms in total. The molecular formula is C15H32NO3P. The molecule has 0 radical (unpaired) electrons. The molecule has 0 aromatic rings. The molecule has 1 rings (SSSR count). The average molecular weight is 305 g/mol. The lowest BCUT2D eigenvalue weighted by molar-refractivity contribution is 0.0815. The average Bonchev–Trinajstić information content (AvgIpc) is 2.47. The number of rotatable bonds is 11.